The number of rotatable bonds is 0. The molecule has 1 aliphatic heterocycles. The number of hydrogen-bond donors (Lipinski definition) is 1. The second-order valence-corrected chi connectivity index (χ2v) is 2.30. The van der Waals surface area contributed by atoms with Crippen molar-refractivity contribution in [1.82, 2.24) is 5.32 Å². The van der Waals surface area contributed by atoms with E-state index in [1.807, 2.05) is 19.1 Å². The highest BCUT2D eigenvalue weighted by Crippen LogP contribution is 2.05. The minimum atomic E-state index is 0.782. The van der Waals surface area contributed by atoms with Crippen LogP contribution < -0.4 is 5.32 Å². The normalized spacial score (nSPS) is 18.8. The van der Waals surface area contributed by atoms with E-state index in [2.05, 4.69) is 5.32 Å². The van der Waals surface area contributed by atoms with E-state index in [0.29, 0.717) is 0 Å². The summed E-state index contributed by atoms with van der Waals surface area (Å²) >= 11 is 5.64. The molecular formula is C6H8ClN. The van der Waals surface area contributed by atoms with Gasteiger partial charge in [-0.25, -0.2) is 0 Å². The molecule has 0 bridgehead atoms. The van der Waals surface area contributed by atoms with E-state index in [9.17, 15) is 0 Å². The smallest absolute Gasteiger partial charge is 0.0504 e. The maximum Gasteiger partial charge on any atom is 0.0504 e. The molecule has 1 rings (SSSR count). The molecule has 0 atom stereocenters. The van der Waals surface area contributed by atoms with Gasteiger partial charge in [-0.2, -0.15) is 0 Å². The number of halogens is 1. The van der Waals surface area contributed by atoms with E-state index < -0.39 is 0 Å². The van der Waals surface area contributed by atoms with E-state index >= 15 is 0 Å². The van der Waals surface area contributed by atoms with Crippen molar-refractivity contribution in [3.8, 4) is 0 Å². The molecule has 8 heavy (non-hydrogen) atoms. The number of dihydropyridines is 1. The molecule has 1 aliphatic rings. The van der Waals surface area contributed by atoms with Crippen molar-refractivity contribution in [2.24, 2.45) is 0 Å². The molecule has 0 radical (unpaired) electrons. The summed E-state index contributed by atoms with van der Waals surface area (Å²) in [5.74, 6) is 0. The largest absolute Gasteiger partial charge is 0.384 e. The molecule has 0 saturated heterocycles. The highest BCUT2D eigenvalue weighted by atomic mass is 35.5. The fraction of sp³-hybridized carbons (Fsp3) is 0.333. The lowest BCUT2D eigenvalue weighted by molar-refractivity contribution is 0.881. The van der Waals surface area contributed by atoms with Crippen molar-refractivity contribution >= 4 is 11.6 Å². The standard InChI is InChI=1S/C6H8ClN/c1-5-2-3-6(7)4-8-5/h2-3,8H,4H2,1H3. The van der Waals surface area contributed by atoms with Crippen LogP contribution in [0, 0.1) is 0 Å². The zero-order chi connectivity index (χ0) is 5.98. The average molecular weight is 130 g/mol. The number of allylic oxidation sites excluding steroid dienone is 3. The maximum absolute atomic E-state index is 5.64. The zero-order valence-electron chi connectivity index (χ0n) is 4.74. The van der Waals surface area contributed by atoms with Crippen molar-refractivity contribution in [1.29, 1.82) is 0 Å². The third-order valence-corrected chi connectivity index (χ3v) is 1.31. The summed E-state index contributed by atoms with van der Waals surface area (Å²) < 4.78 is 0. The van der Waals surface area contributed by atoms with E-state index in [1.54, 1.807) is 0 Å². The minimum absolute atomic E-state index is 0.782. The van der Waals surface area contributed by atoms with Gasteiger partial charge in [-0.3, -0.25) is 0 Å². The van der Waals surface area contributed by atoms with Crippen molar-refractivity contribution in [2.75, 3.05) is 6.54 Å². The Kier molecular flexibility index (Phi) is 1.59. The third kappa shape index (κ3) is 1.27. The zero-order valence-corrected chi connectivity index (χ0v) is 5.50. The minimum Gasteiger partial charge on any atom is -0.384 e. The van der Waals surface area contributed by atoms with E-state index in [-0.39, 0.29) is 0 Å². The fourth-order valence-corrected chi connectivity index (χ4v) is 0.687. The molecule has 1 nitrogen and oxygen atoms in total. The summed E-state index contributed by atoms with van der Waals surface area (Å²) in [7, 11) is 0. The van der Waals surface area contributed by atoms with Gasteiger partial charge in [0.2, 0.25) is 0 Å². The first-order valence-electron chi connectivity index (χ1n) is 2.56. The molecule has 1 heterocycles. The molecule has 0 aromatic heterocycles. The van der Waals surface area contributed by atoms with Gasteiger partial charge in [0, 0.05) is 10.7 Å². The first-order chi connectivity index (χ1) is 3.79. The lowest BCUT2D eigenvalue weighted by Gasteiger charge is -2.08. The Labute approximate surface area is 54.0 Å². The molecule has 0 aromatic carbocycles. The lowest BCUT2D eigenvalue weighted by atomic mass is 10.3. The topological polar surface area (TPSA) is 12.0 Å². The molecule has 0 amide bonds. The Morgan fingerprint density at radius 3 is 2.75 bits per heavy atom. The van der Waals surface area contributed by atoms with Gasteiger partial charge >= 0.3 is 0 Å². The van der Waals surface area contributed by atoms with Crippen LogP contribution in [0.4, 0.5) is 0 Å². The van der Waals surface area contributed by atoms with Gasteiger partial charge in [-0.05, 0) is 19.1 Å². The van der Waals surface area contributed by atoms with Crippen molar-refractivity contribution in [3.05, 3.63) is 22.9 Å². The predicted molar refractivity (Wildman–Crippen MR) is 35.7 cm³/mol. The second-order valence-electron chi connectivity index (χ2n) is 1.82. The molecule has 0 aliphatic carbocycles. The van der Waals surface area contributed by atoms with Crippen LogP contribution in [-0.2, 0) is 0 Å². The average Bonchev–Trinajstić information content (AvgIpc) is 1.77. The first-order valence-corrected chi connectivity index (χ1v) is 2.93. The highest BCUT2D eigenvalue weighted by Gasteiger charge is 1.95. The molecule has 0 fully saturated rings. The number of nitrogens with one attached hydrogen (secondary N) is 1. The molecule has 0 saturated carbocycles. The van der Waals surface area contributed by atoms with Gasteiger partial charge in [-0.1, -0.05) is 11.6 Å². The fourth-order valence-electron chi connectivity index (χ4n) is 0.557. The Morgan fingerprint density at radius 2 is 2.38 bits per heavy atom. The summed E-state index contributed by atoms with van der Waals surface area (Å²) in [6, 6.07) is 0. The first kappa shape index (κ1) is 5.70. The Balaban J connectivity index is 2.65. The van der Waals surface area contributed by atoms with Gasteiger partial charge in [-0.15, -0.1) is 0 Å². The van der Waals surface area contributed by atoms with Crippen molar-refractivity contribution in [3.63, 3.8) is 0 Å². The lowest BCUT2D eigenvalue weighted by Crippen LogP contribution is -2.15. The third-order valence-electron chi connectivity index (χ3n) is 1.05. The SMILES string of the molecule is CC1=CC=C(Cl)CN1. The quantitative estimate of drug-likeness (QED) is 0.524. The summed E-state index contributed by atoms with van der Waals surface area (Å²) in [4.78, 5) is 0. The predicted octanol–water partition coefficient (Wildman–Crippen LogP) is 1.62. The Morgan fingerprint density at radius 1 is 1.62 bits per heavy atom. The van der Waals surface area contributed by atoms with Gasteiger partial charge in [0.05, 0.1) is 6.54 Å². The molecule has 44 valence electrons. The number of hydrogen-bond acceptors (Lipinski definition) is 1. The molecule has 0 spiro atoms. The molecule has 2 heteroatoms. The molecule has 0 unspecified atom stereocenters. The van der Waals surface area contributed by atoms with Crippen LogP contribution in [0.15, 0.2) is 22.9 Å². The van der Waals surface area contributed by atoms with Crippen LogP contribution in [0.5, 0.6) is 0 Å². The van der Waals surface area contributed by atoms with Gasteiger partial charge in [0.15, 0.2) is 0 Å². The van der Waals surface area contributed by atoms with Gasteiger partial charge < -0.3 is 5.32 Å². The van der Waals surface area contributed by atoms with Crippen LogP contribution in [0.25, 0.3) is 0 Å². The van der Waals surface area contributed by atoms with Gasteiger partial charge in [0.25, 0.3) is 0 Å². The highest BCUT2D eigenvalue weighted by molar-refractivity contribution is 6.30. The van der Waals surface area contributed by atoms with Crippen LogP contribution in [0.1, 0.15) is 6.92 Å². The van der Waals surface area contributed by atoms with Crippen LogP contribution in [0.2, 0.25) is 0 Å². The van der Waals surface area contributed by atoms with Crippen LogP contribution in [0.3, 0.4) is 0 Å². The molecule has 0 aromatic rings. The molecule has 1 N–H and O–H groups in total. The Hall–Kier alpha value is -0.430. The van der Waals surface area contributed by atoms with Crippen molar-refractivity contribution < 1.29 is 0 Å². The molecular weight excluding hydrogens is 122 g/mol. The Bertz CT molecular complexity index is 129. The summed E-state index contributed by atoms with van der Waals surface area (Å²) in [6.07, 6.45) is 3.87. The van der Waals surface area contributed by atoms with E-state index in [1.165, 1.54) is 5.70 Å². The van der Waals surface area contributed by atoms with E-state index in [0.717, 1.165) is 11.6 Å². The van der Waals surface area contributed by atoms with Crippen molar-refractivity contribution in [2.45, 2.75) is 6.92 Å². The summed E-state index contributed by atoms with van der Waals surface area (Å²) in [6.45, 7) is 2.80. The summed E-state index contributed by atoms with van der Waals surface area (Å²) in [5.41, 5.74) is 1.18. The van der Waals surface area contributed by atoms with E-state index in [4.69, 9.17) is 11.6 Å². The summed E-state index contributed by atoms with van der Waals surface area (Å²) in [5, 5.41) is 3.96. The van der Waals surface area contributed by atoms with Crippen LogP contribution >= 0.6 is 11.6 Å². The van der Waals surface area contributed by atoms with Crippen LogP contribution in [-0.4, -0.2) is 6.54 Å². The maximum atomic E-state index is 5.64. The monoisotopic (exact) mass is 129 g/mol. The second kappa shape index (κ2) is 2.23. The van der Waals surface area contributed by atoms with Gasteiger partial charge in [0.1, 0.15) is 0 Å².